The van der Waals surface area contributed by atoms with E-state index >= 15 is 0 Å². The van der Waals surface area contributed by atoms with E-state index < -0.39 is 0 Å². The average Bonchev–Trinajstić information content (AvgIpc) is 2.80. The van der Waals surface area contributed by atoms with Crippen molar-refractivity contribution in [1.29, 1.82) is 0 Å². The molecule has 0 N–H and O–H groups in total. The van der Waals surface area contributed by atoms with E-state index in [0.29, 0.717) is 0 Å². The highest BCUT2D eigenvalue weighted by Crippen LogP contribution is 2.24. The molecule has 0 aliphatic heterocycles. The van der Waals surface area contributed by atoms with E-state index in [1.165, 1.54) is 0 Å². The highest BCUT2D eigenvalue weighted by Gasteiger charge is 2.17. The number of nitrogens with zero attached hydrogens (tertiary/aromatic N) is 5. The minimum atomic E-state index is -0.0464. The zero-order valence-corrected chi connectivity index (χ0v) is 13.0. The first-order valence-electron chi connectivity index (χ1n) is 6.98. The Kier molecular flexibility index (Phi) is 3.01. The van der Waals surface area contributed by atoms with Crippen LogP contribution in [0.25, 0.3) is 22.3 Å². The molecule has 108 valence electrons. The van der Waals surface area contributed by atoms with Gasteiger partial charge in [-0.3, -0.25) is 4.68 Å². The number of fused-ring (bicyclic) bond motifs is 1. The number of hydrogen-bond acceptors (Lipinski definition) is 4. The molecule has 3 aromatic rings. The Morgan fingerprint density at radius 3 is 2.33 bits per heavy atom. The van der Waals surface area contributed by atoms with Crippen LogP contribution in [-0.4, -0.2) is 24.7 Å². The fraction of sp³-hybridized carbons (Fsp3) is 0.375. The van der Waals surface area contributed by atoms with Gasteiger partial charge in [0.25, 0.3) is 0 Å². The zero-order valence-electron chi connectivity index (χ0n) is 13.0. The molecule has 5 nitrogen and oxygen atoms in total. The summed E-state index contributed by atoms with van der Waals surface area (Å²) >= 11 is 0. The Morgan fingerprint density at radius 2 is 1.71 bits per heavy atom. The Morgan fingerprint density at radius 1 is 1.05 bits per heavy atom. The third kappa shape index (κ3) is 2.39. The lowest BCUT2D eigenvalue weighted by molar-refractivity contribution is 0.545. The standard InChI is InChI=1S/C16H19N5/c1-10-6-12(20-13-9-19-21(5)14(10)13)11-7-17-15(18-8-11)16(2,3)4/h6-9H,1-5H3. The summed E-state index contributed by atoms with van der Waals surface area (Å²) in [5.41, 5.74) is 4.87. The predicted octanol–water partition coefficient (Wildman–Crippen LogP) is 3.03. The summed E-state index contributed by atoms with van der Waals surface area (Å²) in [4.78, 5) is 13.6. The van der Waals surface area contributed by atoms with Gasteiger partial charge >= 0.3 is 0 Å². The van der Waals surface area contributed by atoms with Gasteiger partial charge < -0.3 is 0 Å². The van der Waals surface area contributed by atoms with E-state index in [4.69, 9.17) is 0 Å². The van der Waals surface area contributed by atoms with Gasteiger partial charge in [0.15, 0.2) is 0 Å². The minimum absolute atomic E-state index is 0.0464. The molecule has 0 aromatic carbocycles. The van der Waals surface area contributed by atoms with E-state index in [0.717, 1.165) is 33.7 Å². The van der Waals surface area contributed by atoms with Crippen LogP contribution in [0, 0.1) is 6.92 Å². The minimum Gasteiger partial charge on any atom is -0.266 e. The van der Waals surface area contributed by atoms with E-state index in [1.54, 1.807) is 6.20 Å². The van der Waals surface area contributed by atoms with Gasteiger partial charge in [-0.1, -0.05) is 20.8 Å². The molecule has 0 saturated heterocycles. The Bertz CT molecular complexity index is 794. The second-order valence-electron chi connectivity index (χ2n) is 6.37. The lowest BCUT2D eigenvalue weighted by atomic mass is 9.95. The molecule has 0 unspecified atom stereocenters. The first kappa shape index (κ1) is 13.7. The molecule has 3 rings (SSSR count). The molecule has 0 fully saturated rings. The van der Waals surface area contributed by atoms with E-state index in [9.17, 15) is 0 Å². The van der Waals surface area contributed by atoms with Crippen molar-refractivity contribution in [1.82, 2.24) is 24.7 Å². The maximum absolute atomic E-state index is 4.66. The van der Waals surface area contributed by atoms with Crippen molar-refractivity contribution in [2.24, 2.45) is 7.05 Å². The van der Waals surface area contributed by atoms with Gasteiger partial charge in [0.1, 0.15) is 11.3 Å². The Labute approximate surface area is 124 Å². The summed E-state index contributed by atoms with van der Waals surface area (Å²) in [6, 6.07) is 2.06. The summed E-state index contributed by atoms with van der Waals surface area (Å²) in [5, 5.41) is 4.26. The first-order valence-corrected chi connectivity index (χ1v) is 6.98. The molecular weight excluding hydrogens is 262 g/mol. The smallest absolute Gasteiger partial charge is 0.133 e. The van der Waals surface area contributed by atoms with Gasteiger partial charge in [-0.05, 0) is 18.6 Å². The van der Waals surface area contributed by atoms with Crippen molar-refractivity contribution in [3.8, 4) is 11.3 Å². The van der Waals surface area contributed by atoms with Gasteiger partial charge in [-0.2, -0.15) is 5.10 Å². The number of aromatic nitrogens is 5. The van der Waals surface area contributed by atoms with Gasteiger partial charge in [0, 0.05) is 30.4 Å². The number of hydrogen-bond donors (Lipinski definition) is 0. The second kappa shape index (κ2) is 4.62. The lowest BCUT2D eigenvalue weighted by Gasteiger charge is -2.16. The Hall–Kier alpha value is -2.30. The quantitative estimate of drug-likeness (QED) is 0.688. The maximum Gasteiger partial charge on any atom is 0.133 e. The molecule has 3 aromatic heterocycles. The molecule has 0 bridgehead atoms. The average molecular weight is 281 g/mol. The van der Waals surface area contributed by atoms with Gasteiger partial charge in [-0.25, -0.2) is 15.0 Å². The summed E-state index contributed by atoms with van der Waals surface area (Å²) in [7, 11) is 1.93. The van der Waals surface area contributed by atoms with Crippen molar-refractivity contribution in [2.45, 2.75) is 33.1 Å². The summed E-state index contributed by atoms with van der Waals surface area (Å²) in [6.45, 7) is 8.38. The molecule has 0 saturated carbocycles. The molecule has 21 heavy (non-hydrogen) atoms. The molecule has 0 aliphatic rings. The monoisotopic (exact) mass is 281 g/mol. The van der Waals surface area contributed by atoms with Crippen LogP contribution >= 0.6 is 0 Å². The van der Waals surface area contributed by atoms with Crippen LogP contribution in [0.1, 0.15) is 32.2 Å². The van der Waals surface area contributed by atoms with Crippen LogP contribution in [0.4, 0.5) is 0 Å². The Balaban J connectivity index is 2.08. The van der Waals surface area contributed by atoms with Crippen molar-refractivity contribution >= 4 is 11.0 Å². The van der Waals surface area contributed by atoms with Crippen LogP contribution in [0.15, 0.2) is 24.7 Å². The van der Waals surface area contributed by atoms with Crippen LogP contribution in [0.5, 0.6) is 0 Å². The topological polar surface area (TPSA) is 56.5 Å². The summed E-state index contributed by atoms with van der Waals surface area (Å²) in [6.07, 6.45) is 5.48. The van der Waals surface area contributed by atoms with Crippen LogP contribution in [-0.2, 0) is 12.5 Å². The van der Waals surface area contributed by atoms with E-state index in [1.807, 2.05) is 24.1 Å². The third-order valence-electron chi connectivity index (χ3n) is 3.51. The van der Waals surface area contributed by atoms with Crippen LogP contribution < -0.4 is 0 Å². The molecular formula is C16H19N5. The number of pyridine rings is 1. The SMILES string of the molecule is Cc1cc(-c2cnc(C(C)(C)C)nc2)nc2cnn(C)c12. The predicted molar refractivity (Wildman–Crippen MR) is 83.0 cm³/mol. The second-order valence-corrected chi connectivity index (χ2v) is 6.37. The van der Waals surface area contributed by atoms with Crippen LogP contribution in [0.2, 0.25) is 0 Å². The summed E-state index contributed by atoms with van der Waals surface area (Å²) in [5.74, 6) is 0.838. The maximum atomic E-state index is 4.66. The van der Waals surface area contributed by atoms with Crippen LogP contribution in [0.3, 0.4) is 0 Å². The fourth-order valence-corrected chi connectivity index (χ4v) is 2.40. The van der Waals surface area contributed by atoms with Gasteiger partial charge in [0.05, 0.1) is 17.4 Å². The third-order valence-corrected chi connectivity index (χ3v) is 3.51. The molecule has 5 heteroatoms. The van der Waals surface area contributed by atoms with Gasteiger partial charge in [-0.15, -0.1) is 0 Å². The highest BCUT2D eigenvalue weighted by molar-refractivity contribution is 5.81. The number of aryl methyl sites for hydroxylation is 2. The molecule has 3 heterocycles. The van der Waals surface area contributed by atoms with E-state index in [2.05, 4.69) is 53.8 Å². The van der Waals surface area contributed by atoms with Gasteiger partial charge in [0.2, 0.25) is 0 Å². The normalized spacial score (nSPS) is 12.0. The summed E-state index contributed by atoms with van der Waals surface area (Å²) < 4.78 is 1.85. The van der Waals surface area contributed by atoms with E-state index in [-0.39, 0.29) is 5.41 Å². The molecule has 0 radical (unpaired) electrons. The molecule has 0 spiro atoms. The molecule has 0 amide bonds. The van der Waals surface area contributed by atoms with Crippen molar-refractivity contribution in [3.05, 3.63) is 36.0 Å². The van der Waals surface area contributed by atoms with Crippen molar-refractivity contribution in [2.75, 3.05) is 0 Å². The van der Waals surface area contributed by atoms with Crippen molar-refractivity contribution < 1.29 is 0 Å². The highest BCUT2D eigenvalue weighted by atomic mass is 15.3. The number of rotatable bonds is 1. The zero-order chi connectivity index (χ0) is 15.2. The first-order chi connectivity index (χ1) is 9.86. The lowest BCUT2D eigenvalue weighted by Crippen LogP contribution is -2.15. The molecule has 0 aliphatic carbocycles. The largest absolute Gasteiger partial charge is 0.266 e. The molecule has 0 atom stereocenters. The van der Waals surface area contributed by atoms with Crippen molar-refractivity contribution in [3.63, 3.8) is 0 Å². The fourth-order valence-electron chi connectivity index (χ4n) is 2.40.